The average molecular weight is 910 g/mol. The van der Waals surface area contributed by atoms with Gasteiger partial charge in [-0.1, -0.05) is 0 Å². The summed E-state index contributed by atoms with van der Waals surface area (Å²) in [5.41, 5.74) is 0. The van der Waals surface area contributed by atoms with Gasteiger partial charge in [0.1, 0.15) is 69.9 Å². The summed E-state index contributed by atoms with van der Waals surface area (Å²) in [6, 6.07) is 0. The summed E-state index contributed by atoms with van der Waals surface area (Å²) in [6.07, 6.45) is -20.2. The van der Waals surface area contributed by atoms with Crippen LogP contribution in [0.4, 0.5) is 0 Å². The van der Waals surface area contributed by atoms with Gasteiger partial charge < -0.3 is 52.9 Å². The Balaban J connectivity index is 2.67. The molecule has 2 fully saturated rings. The summed E-state index contributed by atoms with van der Waals surface area (Å²) in [7, 11) is 0.960. The highest BCUT2D eigenvalue weighted by molar-refractivity contribution is 7.90. The SMILES string of the molecule is CO[C@@H]1OC(COSOO[O-])[C@@H](O[C@@H]2OC(COSOO[O-])[C@@H](OSOO[O-])[C@H](OOS(=O)[O-])C2OOS(=O)[O-])[C@H](OOS(=O)[O-])C1OOS(=O)[O-]. The van der Waals surface area contributed by atoms with Crippen molar-refractivity contribution in [1.82, 2.24) is 0 Å². The van der Waals surface area contributed by atoms with Crippen molar-refractivity contribution in [2.24, 2.45) is 0 Å². The Hall–Kier alpha value is 0.530. The first-order valence-corrected chi connectivity index (χ1v) is 18.0. The second-order valence-corrected chi connectivity index (χ2v) is 11.7. The first-order valence-electron chi connectivity index (χ1n) is 12.0. The van der Waals surface area contributed by atoms with Gasteiger partial charge in [0.15, 0.2) is 74.0 Å². The van der Waals surface area contributed by atoms with E-state index in [1.165, 1.54) is 0 Å². The zero-order valence-electron chi connectivity index (χ0n) is 24.1. The number of hydrogen-bond donors (Lipinski definition) is 0. The Morgan fingerprint density at radius 1 is 0.538 bits per heavy atom. The first kappa shape index (κ1) is 48.7. The van der Waals surface area contributed by atoms with Gasteiger partial charge in [0.25, 0.3) is 0 Å². The monoisotopic (exact) mass is 909 g/mol. The highest BCUT2D eigenvalue weighted by Crippen LogP contribution is 2.37. The van der Waals surface area contributed by atoms with Gasteiger partial charge in [0, 0.05) is 7.11 Å². The molecule has 0 saturated carbocycles. The fraction of sp³-hybridized carbons (Fsp3) is 1.00. The summed E-state index contributed by atoms with van der Waals surface area (Å²) in [5, 5.41) is 40.0. The van der Waals surface area contributed by atoms with Crippen molar-refractivity contribution in [3.63, 3.8) is 0 Å². The number of methoxy groups -OCH3 is 1. The molecular weight excluding hydrogens is 893 g/mol. The van der Waals surface area contributed by atoms with Gasteiger partial charge in [0.05, 0.1) is 13.2 Å². The Labute approximate surface area is 310 Å². The highest BCUT2D eigenvalue weighted by atomic mass is 32.2. The summed E-state index contributed by atoms with van der Waals surface area (Å²) in [5.74, 6) is 0. The van der Waals surface area contributed by atoms with Crippen LogP contribution in [0, 0.1) is 0 Å². The summed E-state index contributed by atoms with van der Waals surface area (Å²) >= 11 is -14.5. The lowest BCUT2D eigenvalue weighted by atomic mass is 9.97. The van der Waals surface area contributed by atoms with Crippen LogP contribution in [0.1, 0.15) is 0 Å². The Kier molecular flexibility index (Phi) is 26.2. The van der Waals surface area contributed by atoms with Crippen LogP contribution < -0.4 is 15.8 Å². The van der Waals surface area contributed by atoms with Crippen LogP contribution in [-0.2, 0) is 142 Å². The molecule has 0 aromatic heterocycles. The van der Waals surface area contributed by atoms with Crippen molar-refractivity contribution in [2.45, 2.75) is 61.4 Å². The van der Waals surface area contributed by atoms with Crippen molar-refractivity contribution in [3.8, 4) is 0 Å². The van der Waals surface area contributed by atoms with Crippen molar-refractivity contribution < 1.29 is 147 Å². The largest absolute Gasteiger partial charge is 0.748 e. The lowest BCUT2D eigenvalue weighted by molar-refractivity contribution is -0.777. The van der Waals surface area contributed by atoms with Crippen molar-refractivity contribution in [2.75, 3.05) is 20.3 Å². The van der Waals surface area contributed by atoms with E-state index in [4.69, 9.17) is 51.0 Å². The summed E-state index contributed by atoms with van der Waals surface area (Å²) in [6.45, 7) is -1.67. The van der Waals surface area contributed by atoms with Crippen LogP contribution in [0.3, 0.4) is 0 Å². The molecule has 0 spiro atoms. The fourth-order valence-corrected chi connectivity index (χ4v) is 5.32. The van der Waals surface area contributed by atoms with Gasteiger partial charge in [-0.25, -0.2) is 36.4 Å². The molecular formula is C13H17O32S7-7. The van der Waals surface area contributed by atoms with Crippen LogP contribution in [0.2, 0.25) is 0 Å². The maximum atomic E-state index is 11.3. The molecule has 32 nitrogen and oxygen atoms in total. The lowest BCUT2D eigenvalue weighted by Crippen LogP contribution is -2.66. The maximum Gasteiger partial charge on any atom is 0.194 e. The smallest absolute Gasteiger partial charge is 0.194 e. The van der Waals surface area contributed by atoms with Gasteiger partial charge in [-0.15, -0.1) is 30.3 Å². The summed E-state index contributed by atoms with van der Waals surface area (Å²) in [4.78, 5) is 19.2. The molecule has 0 N–H and O–H groups in total. The number of ether oxygens (including phenoxy) is 4. The van der Waals surface area contributed by atoms with Crippen LogP contribution in [0.15, 0.2) is 0 Å². The zero-order chi connectivity index (χ0) is 38.5. The van der Waals surface area contributed by atoms with E-state index >= 15 is 0 Å². The minimum absolute atomic E-state index is 0.102. The van der Waals surface area contributed by atoms with Crippen LogP contribution in [0.5, 0.6) is 0 Å². The molecule has 52 heavy (non-hydrogen) atoms. The molecule has 0 radical (unpaired) electrons. The molecule has 2 saturated heterocycles. The van der Waals surface area contributed by atoms with Gasteiger partial charge in [0.2, 0.25) is 0 Å². The van der Waals surface area contributed by atoms with E-state index in [1.807, 2.05) is 0 Å². The second kappa shape index (κ2) is 28.0. The first-order chi connectivity index (χ1) is 25.0. The predicted octanol–water partition coefficient (Wildman–Crippen LogP) is -6.31. The zero-order valence-corrected chi connectivity index (χ0v) is 29.8. The van der Waals surface area contributed by atoms with Crippen molar-refractivity contribution >= 4 is 82.4 Å². The minimum Gasteiger partial charge on any atom is -0.748 e. The third-order valence-electron chi connectivity index (χ3n) is 5.41. The molecule has 0 bridgehead atoms. The number of hydrogen-bond acceptors (Lipinski definition) is 35. The van der Waals surface area contributed by atoms with Gasteiger partial charge in [-0.3, -0.25) is 27.7 Å². The van der Waals surface area contributed by atoms with Gasteiger partial charge >= 0.3 is 0 Å². The Bertz CT molecular complexity index is 1060. The molecule has 2 aliphatic rings. The van der Waals surface area contributed by atoms with E-state index in [0.717, 1.165) is 7.11 Å². The Morgan fingerprint density at radius 2 is 0.923 bits per heavy atom. The molecule has 0 aromatic carbocycles. The predicted molar refractivity (Wildman–Crippen MR) is 135 cm³/mol. The molecule has 310 valence electrons. The van der Waals surface area contributed by atoms with Crippen LogP contribution >= 0.6 is 37.0 Å². The van der Waals surface area contributed by atoms with Crippen molar-refractivity contribution in [3.05, 3.63) is 0 Å². The third-order valence-corrected chi connectivity index (χ3v) is 7.27. The molecule has 0 amide bonds. The van der Waals surface area contributed by atoms with Crippen LogP contribution in [-0.4, -0.2) is 117 Å². The summed E-state index contributed by atoms with van der Waals surface area (Å²) < 4.78 is 155. The molecule has 2 rings (SSSR count). The van der Waals surface area contributed by atoms with Gasteiger partial charge in [-0.2, -0.15) is 0 Å². The molecule has 14 atom stereocenters. The fourth-order valence-electron chi connectivity index (χ4n) is 3.82. The van der Waals surface area contributed by atoms with Gasteiger partial charge in [-0.05, 0) is 0 Å². The molecule has 8 unspecified atom stereocenters. The van der Waals surface area contributed by atoms with E-state index < -0.39 is 120 Å². The van der Waals surface area contributed by atoms with Crippen LogP contribution in [0.25, 0.3) is 0 Å². The van der Waals surface area contributed by atoms with E-state index in [1.54, 1.807) is 0 Å². The quantitative estimate of drug-likeness (QED) is 0.0221. The molecule has 2 aliphatic heterocycles. The van der Waals surface area contributed by atoms with E-state index in [0.29, 0.717) is 0 Å². The minimum atomic E-state index is -3.54. The third kappa shape index (κ3) is 17.8. The lowest BCUT2D eigenvalue weighted by Gasteiger charge is -2.47. The molecule has 2 heterocycles. The molecule has 0 aromatic rings. The van der Waals surface area contributed by atoms with E-state index in [-0.39, 0.29) is 37.0 Å². The average Bonchev–Trinajstić information content (AvgIpc) is 3.09. The molecule has 0 aliphatic carbocycles. The topological polar surface area (TPSA) is 424 Å². The van der Waals surface area contributed by atoms with E-state index in [9.17, 15) is 50.8 Å². The van der Waals surface area contributed by atoms with Crippen molar-refractivity contribution in [1.29, 1.82) is 0 Å². The van der Waals surface area contributed by atoms with E-state index in [2.05, 4.69) is 45.5 Å². The number of rotatable bonds is 29. The standard InChI is InChI=1S/C13H24O32S7/c1-25-12-10(33-44-51(21)22)8(31-42-49(17)18)6(4(28-12)2-26-46-39-36-14)30-13-11(34-45-52(23)24)9(32-43-50(19)20)7(35-48-41-38-16)5(29-13)3-27-47-40-37-15/h4-16H,2-3H2,1H3,(H,17,18)(H,19,20)(H,21,22)(H,23,24)/p-7/t4?,5?,6-,7-,8+,9+,10?,11?,12-,13+/m1/s1. The maximum absolute atomic E-state index is 11.3. The highest BCUT2D eigenvalue weighted by Gasteiger charge is 2.57. The Morgan fingerprint density at radius 3 is 1.37 bits per heavy atom. The molecule has 39 heteroatoms. The second-order valence-electron chi connectivity index (χ2n) is 8.00. The normalized spacial score (nSPS) is 32.0.